The highest BCUT2D eigenvalue weighted by Crippen LogP contribution is 2.28. The van der Waals surface area contributed by atoms with Gasteiger partial charge in [-0.15, -0.1) is 0 Å². The third kappa shape index (κ3) is 9.00. The van der Waals surface area contributed by atoms with E-state index < -0.39 is 41.9 Å². The van der Waals surface area contributed by atoms with Gasteiger partial charge in [0.15, 0.2) is 0 Å². The predicted octanol–water partition coefficient (Wildman–Crippen LogP) is 2.74. The number of nitrogens with one attached hydrogen (secondary N) is 3. The monoisotopic (exact) mass is 596 g/mol. The zero-order chi connectivity index (χ0) is 30.8. The second-order valence-corrected chi connectivity index (χ2v) is 11.7. The van der Waals surface area contributed by atoms with Crippen molar-refractivity contribution in [3.8, 4) is 5.75 Å². The first-order valence-electron chi connectivity index (χ1n) is 15.5. The Labute approximate surface area is 253 Å². The van der Waals surface area contributed by atoms with E-state index in [0.29, 0.717) is 38.1 Å². The van der Waals surface area contributed by atoms with Gasteiger partial charge >= 0.3 is 0 Å². The quantitative estimate of drug-likeness (QED) is 0.431. The lowest BCUT2D eigenvalue weighted by Gasteiger charge is -2.37. The van der Waals surface area contributed by atoms with Crippen LogP contribution in [0.3, 0.4) is 0 Å². The molecule has 4 rings (SSSR count). The summed E-state index contributed by atoms with van der Waals surface area (Å²) in [6.45, 7) is 2.63. The molecule has 1 fully saturated rings. The summed E-state index contributed by atoms with van der Waals surface area (Å²) in [5.41, 5.74) is 1.68. The van der Waals surface area contributed by atoms with E-state index in [9.17, 15) is 23.9 Å². The molecule has 0 bridgehead atoms. The largest absolute Gasteiger partial charge is 0.492 e. The van der Waals surface area contributed by atoms with Crippen LogP contribution in [-0.2, 0) is 27.2 Å². The lowest BCUT2D eigenvalue weighted by molar-refractivity contribution is -0.146. The Morgan fingerprint density at radius 2 is 1.70 bits per heavy atom. The Balaban J connectivity index is 1.62. The fraction of sp³-hybridized carbons (Fsp3) is 0.545. The van der Waals surface area contributed by atoms with Crippen molar-refractivity contribution in [1.82, 2.24) is 20.9 Å². The summed E-state index contributed by atoms with van der Waals surface area (Å²) in [5, 5.41) is 19.8. The number of aliphatic hydroxyl groups excluding tert-OH is 1. The third-order valence-corrected chi connectivity index (χ3v) is 8.48. The molecule has 0 saturated heterocycles. The highest BCUT2D eigenvalue weighted by atomic mass is 19.1. The number of aryl methyl sites for hydroxylation is 1. The number of hydrogen-bond acceptors (Lipinski definition) is 6. The van der Waals surface area contributed by atoms with E-state index in [2.05, 4.69) is 16.0 Å². The summed E-state index contributed by atoms with van der Waals surface area (Å²) in [6, 6.07) is 10.8. The minimum Gasteiger partial charge on any atom is -0.492 e. The van der Waals surface area contributed by atoms with Crippen LogP contribution in [0.4, 0.5) is 4.39 Å². The molecule has 0 aromatic heterocycles. The molecule has 4 atom stereocenters. The maximum atomic E-state index is 14.0. The van der Waals surface area contributed by atoms with Crippen LogP contribution in [0.25, 0.3) is 0 Å². The van der Waals surface area contributed by atoms with E-state index in [-0.39, 0.29) is 18.2 Å². The van der Waals surface area contributed by atoms with Crippen molar-refractivity contribution in [2.75, 3.05) is 26.7 Å². The Bertz CT molecular complexity index is 1220. The Morgan fingerprint density at radius 3 is 2.42 bits per heavy atom. The maximum Gasteiger partial charge on any atom is 0.246 e. The molecule has 43 heavy (non-hydrogen) atoms. The Hall–Kier alpha value is -3.50. The van der Waals surface area contributed by atoms with Gasteiger partial charge in [-0.1, -0.05) is 49.6 Å². The van der Waals surface area contributed by atoms with Crippen LogP contribution >= 0.6 is 0 Å². The highest BCUT2D eigenvalue weighted by Gasteiger charge is 2.38. The van der Waals surface area contributed by atoms with Gasteiger partial charge in [-0.2, -0.15) is 0 Å². The number of halogens is 1. The van der Waals surface area contributed by atoms with E-state index >= 15 is 0 Å². The van der Waals surface area contributed by atoms with E-state index in [4.69, 9.17) is 4.74 Å². The number of ether oxygens (including phenoxy) is 1. The van der Waals surface area contributed by atoms with Crippen LogP contribution in [0.1, 0.15) is 56.6 Å². The molecule has 2 aliphatic rings. The molecular weight excluding hydrogens is 551 g/mol. The number of benzene rings is 2. The number of fused-ring (bicyclic) bond motifs is 1. The first-order chi connectivity index (χ1) is 20.7. The molecule has 9 nitrogen and oxygen atoms in total. The summed E-state index contributed by atoms with van der Waals surface area (Å²) >= 11 is 0. The molecule has 234 valence electrons. The molecule has 2 aromatic carbocycles. The predicted molar refractivity (Wildman–Crippen MR) is 162 cm³/mol. The minimum atomic E-state index is -1.22. The van der Waals surface area contributed by atoms with E-state index in [1.54, 1.807) is 12.1 Å². The van der Waals surface area contributed by atoms with E-state index in [1.165, 1.54) is 31.0 Å². The summed E-state index contributed by atoms with van der Waals surface area (Å²) in [6.07, 6.45) is 5.23. The number of likely N-dealkylation sites (N-methyl/N-ethyl adjacent to an activating group) is 1. The highest BCUT2D eigenvalue weighted by molar-refractivity contribution is 5.93. The van der Waals surface area contributed by atoms with Crippen LogP contribution in [0.5, 0.6) is 5.75 Å². The average molecular weight is 597 g/mol. The molecule has 1 saturated carbocycles. The van der Waals surface area contributed by atoms with E-state index in [0.717, 1.165) is 43.4 Å². The van der Waals surface area contributed by atoms with Gasteiger partial charge in [0.05, 0.1) is 12.1 Å². The number of aliphatic hydroxyl groups is 1. The standard InChI is InChI=1S/C33H45FN4O5/c1-22(39)30-32(41)37-27(21-23-14-16-26(34)17-15-23)31(40)36-18-8-12-24-9-6-7-13-28(24)43-20-19-35-29(33(42)38(30)2)25-10-4-3-5-11-25/h6-7,9,13-17,22,25,27,29-30,35,39H,3-5,8,10-12,18-21H2,1-2H3,(H,36,40)(H,37,41)/t22?,27-,29+,30+/m1/s1. The zero-order valence-electron chi connectivity index (χ0n) is 25.2. The lowest BCUT2D eigenvalue weighted by atomic mass is 9.83. The van der Waals surface area contributed by atoms with Crippen molar-refractivity contribution in [2.45, 2.75) is 82.5 Å². The third-order valence-electron chi connectivity index (χ3n) is 8.48. The van der Waals surface area contributed by atoms with Gasteiger partial charge in [-0.3, -0.25) is 14.4 Å². The number of para-hydroxylation sites is 1. The molecule has 0 radical (unpaired) electrons. The topological polar surface area (TPSA) is 120 Å². The second-order valence-electron chi connectivity index (χ2n) is 11.7. The van der Waals surface area contributed by atoms with Crippen LogP contribution in [-0.4, -0.2) is 78.7 Å². The number of hydrogen-bond donors (Lipinski definition) is 4. The van der Waals surface area contributed by atoms with Gasteiger partial charge in [0, 0.05) is 26.6 Å². The molecule has 1 aliphatic carbocycles. The summed E-state index contributed by atoms with van der Waals surface area (Å²) in [4.78, 5) is 42.3. The molecular formula is C33H45FN4O5. The molecule has 0 spiro atoms. The number of rotatable bonds is 4. The van der Waals surface area contributed by atoms with Gasteiger partial charge in [-0.05, 0) is 67.9 Å². The normalized spacial score (nSPS) is 24.5. The van der Waals surface area contributed by atoms with Crippen LogP contribution < -0.4 is 20.7 Å². The van der Waals surface area contributed by atoms with Crippen LogP contribution in [0.15, 0.2) is 48.5 Å². The maximum absolute atomic E-state index is 14.0. The molecule has 1 unspecified atom stereocenters. The fourth-order valence-corrected chi connectivity index (χ4v) is 6.16. The molecule has 1 aliphatic heterocycles. The van der Waals surface area contributed by atoms with Gasteiger partial charge in [0.2, 0.25) is 17.7 Å². The molecule has 1 heterocycles. The Kier molecular flexibility index (Phi) is 11.9. The van der Waals surface area contributed by atoms with E-state index in [1.807, 2.05) is 24.3 Å². The fourth-order valence-electron chi connectivity index (χ4n) is 6.16. The van der Waals surface area contributed by atoms with Crippen molar-refractivity contribution >= 4 is 17.7 Å². The minimum absolute atomic E-state index is 0.0938. The lowest BCUT2D eigenvalue weighted by Crippen LogP contribution is -2.61. The molecule has 3 amide bonds. The second kappa shape index (κ2) is 15.8. The first kappa shape index (κ1) is 32.4. The van der Waals surface area contributed by atoms with Crippen LogP contribution in [0.2, 0.25) is 0 Å². The van der Waals surface area contributed by atoms with Gasteiger partial charge in [-0.25, -0.2) is 4.39 Å². The van der Waals surface area contributed by atoms with Gasteiger partial charge in [0.25, 0.3) is 0 Å². The first-order valence-corrected chi connectivity index (χ1v) is 15.5. The van der Waals surface area contributed by atoms with Crippen molar-refractivity contribution < 1.29 is 28.6 Å². The average Bonchev–Trinajstić information content (AvgIpc) is 3.00. The SMILES string of the molecule is CC(O)[C@H]1C(=O)N[C@H](Cc2ccc(F)cc2)C(=O)NCCCc2ccccc2OCCN[C@@H](C2CCCCC2)C(=O)N1C. The summed E-state index contributed by atoms with van der Waals surface area (Å²) in [7, 11) is 1.52. The van der Waals surface area contributed by atoms with Gasteiger partial charge in [0.1, 0.15) is 30.3 Å². The van der Waals surface area contributed by atoms with Crippen molar-refractivity contribution in [2.24, 2.45) is 5.92 Å². The smallest absolute Gasteiger partial charge is 0.246 e. The molecule has 4 N–H and O–H groups in total. The zero-order valence-corrected chi connectivity index (χ0v) is 25.2. The van der Waals surface area contributed by atoms with Crippen LogP contribution in [0, 0.1) is 11.7 Å². The number of carbonyl (C=O) groups is 3. The molecule has 2 aromatic rings. The van der Waals surface area contributed by atoms with Crippen molar-refractivity contribution in [3.05, 3.63) is 65.5 Å². The van der Waals surface area contributed by atoms with Crippen molar-refractivity contribution in [3.63, 3.8) is 0 Å². The number of nitrogens with zero attached hydrogens (tertiary/aromatic N) is 1. The number of carbonyl (C=O) groups excluding carboxylic acids is 3. The van der Waals surface area contributed by atoms with Crippen molar-refractivity contribution in [1.29, 1.82) is 0 Å². The molecule has 10 heteroatoms. The Morgan fingerprint density at radius 1 is 0.977 bits per heavy atom. The summed E-state index contributed by atoms with van der Waals surface area (Å²) in [5.74, 6) is -0.853. The summed E-state index contributed by atoms with van der Waals surface area (Å²) < 4.78 is 19.7. The number of amides is 3. The van der Waals surface area contributed by atoms with Gasteiger partial charge < -0.3 is 30.7 Å².